The maximum absolute atomic E-state index is 11.7. The Morgan fingerprint density at radius 2 is 1.95 bits per heavy atom. The Morgan fingerprint density at radius 3 is 2.64 bits per heavy atom. The van der Waals surface area contributed by atoms with Gasteiger partial charge in [0, 0.05) is 4.47 Å². The van der Waals surface area contributed by atoms with Crippen LogP contribution in [0.2, 0.25) is 0 Å². The van der Waals surface area contributed by atoms with Gasteiger partial charge in [-0.15, -0.1) is 0 Å². The summed E-state index contributed by atoms with van der Waals surface area (Å²) in [7, 11) is 0. The quantitative estimate of drug-likeness (QED) is 0.654. The standard InChI is InChI=1S/C17H17BrN2O2/c1-12-6-13(2)8-16(7-12)22-11-17(21)20-19-10-14-4-3-5-15(18)9-14/h3-10H,11H2,1-2H3,(H,20,21)/b19-10-. The topological polar surface area (TPSA) is 50.7 Å². The lowest BCUT2D eigenvalue weighted by molar-refractivity contribution is -0.123. The van der Waals surface area contributed by atoms with Gasteiger partial charge in [-0.05, 0) is 54.8 Å². The molecule has 22 heavy (non-hydrogen) atoms. The van der Waals surface area contributed by atoms with Gasteiger partial charge in [-0.3, -0.25) is 4.79 Å². The number of aryl methyl sites for hydroxylation is 2. The lowest BCUT2D eigenvalue weighted by Gasteiger charge is -2.07. The number of hydrogen-bond donors (Lipinski definition) is 1. The number of nitrogens with one attached hydrogen (secondary N) is 1. The van der Waals surface area contributed by atoms with Gasteiger partial charge in [0.2, 0.25) is 0 Å². The third kappa shape index (κ3) is 5.33. The number of carbonyl (C=O) groups is 1. The van der Waals surface area contributed by atoms with Gasteiger partial charge in [0.15, 0.2) is 6.61 Å². The van der Waals surface area contributed by atoms with Crippen molar-refractivity contribution >= 4 is 28.1 Å². The van der Waals surface area contributed by atoms with E-state index in [1.165, 1.54) is 0 Å². The summed E-state index contributed by atoms with van der Waals surface area (Å²) < 4.78 is 6.42. The molecule has 0 saturated heterocycles. The van der Waals surface area contributed by atoms with Crippen molar-refractivity contribution in [2.75, 3.05) is 6.61 Å². The lowest BCUT2D eigenvalue weighted by Crippen LogP contribution is -2.24. The average molecular weight is 361 g/mol. The summed E-state index contributed by atoms with van der Waals surface area (Å²) in [5.74, 6) is 0.383. The Hall–Kier alpha value is -2.14. The maximum atomic E-state index is 11.7. The van der Waals surface area contributed by atoms with Crippen LogP contribution in [-0.4, -0.2) is 18.7 Å². The van der Waals surface area contributed by atoms with Gasteiger partial charge in [-0.2, -0.15) is 5.10 Å². The first-order valence-corrected chi connectivity index (χ1v) is 7.61. The molecular formula is C17H17BrN2O2. The van der Waals surface area contributed by atoms with Crippen molar-refractivity contribution in [1.29, 1.82) is 0 Å². The van der Waals surface area contributed by atoms with Crippen LogP contribution in [0.1, 0.15) is 16.7 Å². The summed E-state index contributed by atoms with van der Waals surface area (Å²) >= 11 is 3.38. The zero-order chi connectivity index (χ0) is 15.9. The molecule has 0 aliphatic carbocycles. The van der Waals surface area contributed by atoms with Crippen molar-refractivity contribution in [2.24, 2.45) is 5.10 Å². The monoisotopic (exact) mass is 360 g/mol. The van der Waals surface area contributed by atoms with Gasteiger partial charge in [0.1, 0.15) is 5.75 Å². The fourth-order valence-corrected chi connectivity index (χ4v) is 2.38. The van der Waals surface area contributed by atoms with Gasteiger partial charge < -0.3 is 4.74 Å². The Balaban J connectivity index is 1.83. The van der Waals surface area contributed by atoms with Crippen LogP contribution in [0.15, 0.2) is 52.0 Å². The number of hydrazone groups is 1. The fraction of sp³-hybridized carbons (Fsp3) is 0.176. The smallest absolute Gasteiger partial charge is 0.277 e. The van der Waals surface area contributed by atoms with E-state index in [4.69, 9.17) is 4.74 Å². The minimum Gasteiger partial charge on any atom is -0.484 e. The number of carbonyl (C=O) groups excluding carboxylic acids is 1. The van der Waals surface area contributed by atoms with E-state index in [1.807, 2.05) is 50.2 Å². The number of hydrogen-bond acceptors (Lipinski definition) is 3. The highest BCUT2D eigenvalue weighted by Crippen LogP contribution is 2.15. The number of nitrogens with zero attached hydrogens (tertiary/aromatic N) is 1. The van der Waals surface area contributed by atoms with Crippen molar-refractivity contribution in [3.63, 3.8) is 0 Å². The number of benzene rings is 2. The second-order valence-corrected chi connectivity index (χ2v) is 5.88. The van der Waals surface area contributed by atoms with Gasteiger partial charge >= 0.3 is 0 Å². The van der Waals surface area contributed by atoms with Crippen LogP contribution in [0, 0.1) is 13.8 Å². The summed E-state index contributed by atoms with van der Waals surface area (Å²) in [6, 6.07) is 13.5. The van der Waals surface area contributed by atoms with E-state index in [0.29, 0.717) is 5.75 Å². The first kappa shape index (κ1) is 16.2. The minimum absolute atomic E-state index is 0.0707. The molecule has 2 rings (SSSR count). The Morgan fingerprint density at radius 1 is 1.23 bits per heavy atom. The highest BCUT2D eigenvalue weighted by molar-refractivity contribution is 9.10. The van der Waals surface area contributed by atoms with E-state index in [1.54, 1.807) is 6.21 Å². The first-order chi connectivity index (χ1) is 10.5. The highest BCUT2D eigenvalue weighted by atomic mass is 79.9. The van der Waals surface area contributed by atoms with Gasteiger partial charge in [0.25, 0.3) is 5.91 Å². The van der Waals surface area contributed by atoms with Crippen LogP contribution >= 0.6 is 15.9 Å². The predicted molar refractivity (Wildman–Crippen MR) is 91.3 cm³/mol. The summed E-state index contributed by atoms with van der Waals surface area (Å²) in [4.78, 5) is 11.7. The highest BCUT2D eigenvalue weighted by Gasteiger charge is 2.02. The minimum atomic E-state index is -0.301. The third-order valence-corrected chi connectivity index (χ3v) is 3.31. The molecule has 0 fully saturated rings. The van der Waals surface area contributed by atoms with E-state index in [2.05, 4.69) is 32.5 Å². The molecule has 0 heterocycles. The third-order valence-electron chi connectivity index (χ3n) is 2.82. The molecule has 1 N–H and O–H groups in total. The second kappa shape index (κ2) is 7.75. The molecule has 0 saturated carbocycles. The van der Waals surface area contributed by atoms with Crippen molar-refractivity contribution < 1.29 is 9.53 Å². The van der Waals surface area contributed by atoms with E-state index >= 15 is 0 Å². The van der Waals surface area contributed by atoms with Crippen LogP contribution in [0.25, 0.3) is 0 Å². The Kier molecular flexibility index (Phi) is 5.72. The maximum Gasteiger partial charge on any atom is 0.277 e. The van der Waals surface area contributed by atoms with Crippen LogP contribution in [0.4, 0.5) is 0 Å². The SMILES string of the molecule is Cc1cc(C)cc(OCC(=O)N/N=C\c2cccc(Br)c2)c1. The zero-order valence-electron chi connectivity index (χ0n) is 12.5. The van der Waals surface area contributed by atoms with Crippen LogP contribution in [0.5, 0.6) is 5.75 Å². The largest absolute Gasteiger partial charge is 0.484 e. The molecule has 0 unspecified atom stereocenters. The molecule has 0 aliphatic rings. The predicted octanol–water partition coefficient (Wildman–Crippen LogP) is 3.60. The zero-order valence-corrected chi connectivity index (χ0v) is 14.1. The molecule has 0 bridgehead atoms. The molecule has 0 atom stereocenters. The molecular weight excluding hydrogens is 344 g/mol. The van der Waals surface area contributed by atoms with Crippen LogP contribution < -0.4 is 10.2 Å². The first-order valence-electron chi connectivity index (χ1n) is 6.81. The normalized spacial score (nSPS) is 10.7. The van der Waals surface area contributed by atoms with Gasteiger partial charge in [0.05, 0.1) is 6.21 Å². The Bertz CT molecular complexity index is 679. The molecule has 0 aliphatic heterocycles. The molecule has 2 aromatic rings. The molecule has 1 amide bonds. The Labute approximate surface area is 138 Å². The molecule has 2 aromatic carbocycles. The van der Waals surface area contributed by atoms with Crippen molar-refractivity contribution in [1.82, 2.24) is 5.43 Å². The molecule has 0 aromatic heterocycles. The molecule has 4 nitrogen and oxygen atoms in total. The molecule has 114 valence electrons. The number of halogens is 1. The fourth-order valence-electron chi connectivity index (χ4n) is 1.96. The molecule has 0 radical (unpaired) electrons. The van der Waals surface area contributed by atoms with Crippen LogP contribution in [-0.2, 0) is 4.79 Å². The summed E-state index contributed by atoms with van der Waals surface area (Å²) in [5, 5.41) is 3.90. The number of ether oxygens (including phenoxy) is 1. The number of amides is 1. The second-order valence-electron chi connectivity index (χ2n) is 4.96. The number of rotatable bonds is 5. The lowest BCUT2D eigenvalue weighted by atomic mass is 10.1. The van der Waals surface area contributed by atoms with Crippen molar-refractivity contribution in [3.8, 4) is 5.75 Å². The molecule has 0 spiro atoms. The van der Waals surface area contributed by atoms with Gasteiger partial charge in [-0.25, -0.2) is 5.43 Å². The average Bonchev–Trinajstić information content (AvgIpc) is 2.44. The van der Waals surface area contributed by atoms with E-state index in [0.717, 1.165) is 21.2 Å². The molecule has 5 heteroatoms. The van der Waals surface area contributed by atoms with E-state index in [-0.39, 0.29) is 12.5 Å². The summed E-state index contributed by atoms with van der Waals surface area (Å²) in [5.41, 5.74) is 5.53. The van der Waals surface area contributed by atoms with Crippen LogP contribution in [0.3, 0.4) is 0 Å². The van der Waals surface area contributed by atoms with Crippen molar-refractivity contribution in [2.45, 2.75) is 13.8 Å². The van der Waals surface area contributed by atoms with E-state index < -0.39 is 0 Å². The summed E-state index contributed by atoms with van der Waals surface area (Å²) in [6.07, 6.45) is 1.58. The van der Waals surface area contributed by atoms with Gasteiger partial charge in [-0.1, -0.05) is 34.1 Å². The van der Waals surface area contributed by atoms with E-state index in [9.17, 15) is 4.79 Å². The summed E-state index contributed by atoms with van der Waals surface area (Å²) in [6.45, 7) is 3.91. The van der Waals surface area contributed by atoms with Crippen molar-refractivity contribution in [3.05, 3.63) is 63.6 Å².